The van der Waals surface area contributed by atoms with Gasteiger partial charge in [0.2, 0.25) is 0 Å². The quantitative estimate of drug-likeness (QED) is 0.522. The van der Waals surface area contributed by atoms with Crippen LogP contribution in [-0.4, -0.2) is 62.3 Å². The third kappa shape index (κ3) is 4.16. The summed E-state index contributed by atoms with van der Waals surface area (Å²) in [5.74, 6) is -0.0367. The topological polar surface area (TPSA) is 146 Å². The van der Waals surface area contributed by atoms with E-state index in [-0.39, 0.29) is 28.6 Å². The van der Waals surface area contributed by atoms with Gasteiger partial charge < -0.3 is 26.1 Å². The highest BCUT2D eigenvalue weighted by atomic mass is 16.5. The number of pyridine rings is 1. The number of hydrogen-bond acceptors (Lipinski definition) is 8. The minimum Gasteiger partial charge on any atom is -0.383 e. The van der Waals surface area contributed by atoms with Crippen molar-refractivity contribution in [3.05, 3.63) is 46.5 Å². The van der Waals surface area contributed by atoms with Gasteiger partial charge in [-0.15, -0.1) is 0 Å². The van der Waals surface area contributed by atoms with E-state index in [2.05, 4.69) is 20.3 Å². The number of fused-ring (bicyclic) bond motifs is 1. The van der Waals surface area contributed by atoms with Crippen molar-refractivity contribution in [2.45, 2.75) is 37.8 Å². The summed E-state index contributed by atoms with van der Waals surface area (Å²) in [6.45, 7) is 3.59. The highest BCUT2D eigenvalue weighted by molar-refractivity contribution is 5.98. The maximum atomic E-state index is 13.3. The lowest BCUT2D eigenvalue weighted by atomic mass is 9.89. The van der Waals surface area contributed by atoms with Crippen molar-refractivity contribution in [1.82, 2.24) is 24.1 Å². The molecular formula is C22H28N8O3. The van der Waals surface area contributed by atoms with Crippen LogP contribution in [0.3, 0.4) is 0 Å². The smallest absolute Gasteiger partial charge is 0.274 e. The molecule has 4 heterocycles. The van der Waals surface area contributed by atoms with Crippen molar-refractivity contribution in [2.24, 2.45) is 5.73 Å². The molecule has 1 amide bonds. The van der Waals surface area contributed by atoms with Gasteiger partial charge in [-0.3, -0.25) is 14.5 Å². The number of ether oxygens (including phenoxy) is 1. The van der Waals surface area contributed by atoms with Gasteiger partial charge >= 0.3 is 0 Å². The molecule has 33 heavy (non-hydrogen) atoms. The van der Waals surface area contributed by atoms with Crippen molar-refractivity contribution < 1.29 is 9.53 Å². The highest BCUT2D eigenvalue weighted by Crippen LogP contribution is 2.31. The van der Waals surface area contributed by atoms with Crippen molar-refractivity contribution >= 4 is 28.9 Å². The normalized spacial score (nSPS) is 21.8. The van der Waals surface area contributed by atoms with Crippen LogP contribution in [0.1, 0.15) is 42.1 Å². The summed E-state index contributed by atoms with van der Waals surface area (Å²) < 4.78 is 8.62. The number of nitrogen functional groups attached to an aromatic ring is 1. The number of anilines is 3. The lowest BCUT2D eigenvalue weighted by molar-refractivity contribution is 0.00535. The number of hydrogen-bond donors (Lipinski definition) is 3. The summed E-state index contributed by atoms with van der Waals surface area (Å²) in [7, 11) is 0. The van der Waals surface area contributed by atoms with Crippen LogP contribution < -0.4 is 22.3 Å². The predicted molar refractivity (Wildman–Crippen MR) is 124 cm³/mol. The molecule has 3 aromatic heterocycles. The Morgan fingerprint density at radius 1 is 1.15 bits per heavy atom. The van der Waals surface area contributed by atoms with Gasteiger partial charge in [0.1, 0.15) is 22.9 Å². The van der Waals surface area contributed by atoms with Gasteiger partial charge in [-0.1, -0.05) is 0 Å². The first-order valence-electron chi connectivity index (χ1n) is 11.3. The van der Waals surface area contributed by atoms with E-state index in [0.29, 0.717) is 17.5 Å². The van der Waals surface area contributed by atoms with Gasteiger partial charge in [0.15, 0.2) is 5.65 Å². The van der Waals surface area contributed by atoms with Gasteiger partial charge in [0, 0.05) is 37.4 Å². The summed E-state index contributed by atoms with van der Waals surface area (Å²) in [5.41, 5.74) is 12.1. The van der Waals surface area contributed by atoms with Crippen LogP contribution in [0.4, 0.5) is 17.3 Å². The molecule has 11 heteroatoms. The van der Waals surface area contributed by atoms with Crippen LogP contribution in [0.15, 0.2) is 35.4 Å². The Kier molecular flexibility index (Phi) is 5.73. The van der Waals surface area contributed by atoms with Crippen molar-refractivity contribution in [2.75, 3.05) is 37.4 Å². The first-order valence-corrected chi connectivity index (χ1v) is 11.3. The molecule has 11 nitrogen and oxygen atoms in total. The zero-order chi connectivity index (χ0) is 22.9. The molecule has 1 aliphatic carbocycles. The summed E-state index contributed by atoms with van der Waals surface area (Å²) >= 11 is 0. The number of rotatable bonds is 5. The van der Waals surface area contributed by atoms with Gasteiger partial charge in [0.25, 0.3) is 11.5 Å². The average Bonchev–Trinajstić information content (AvgIpc) is 3.26. The third-order valence-corrected chi connectivity index (χ3v) is 6.62. The van der Waals surface area contributed by atoms with Crippen LogP contribution in [0.5, 0.6) is 0 Å². The number of aromatic nitrogens is 4. The van der Waals surface area contributed by atoms with Gasteiger partial charge in [-0.2, -0.15) is 9.61 Å². The molecule has 5 rings (SSSR count). The Morgan fingerprint density at radius 2 is 1.88 bits per heavy atom. The maximum absolute atomic E-state index is 13.3. The molecule has 2 aliphatic rings. The van der Waals surface area contributed by atoms with Crippen LogP contribution in [0, 0.1) is 0 Å². The second kappa shape index (κ2) is 8.83. The van der Waals surface area contributed by atoms with Crippen LogP contribution >= 0.6 is 0 Å². The van der Waals surface area contributed by atoms with E-state index in [4.69, 9.17) is 16.2 Å². The molecule has 2 fully saturated rings. The predicted octanol–water partition coefficient (Wildman–Crippen LogP) is 1.13. The number of primary amides is 1. The molecule has 1 saturated carbocycles. The summed E-state index contributed by atoms with van der Waals surface area (Å²) in [6.07, 6.45) is 7.23. The SMILES string of the molecule is NC(=O)c1cnn2c(N)cc(Nc3cccn(C4CCC(N5CCOCC5)CC4)c3=O)nc12. The van der Waals surface area contributed by atoms with Crippen LogP contribution in [0.25, 0.3) is 5.65 Å². The molecule has 1 saturated heterocycles. The molecule has 0 spiro atoms. The first-order chi connectivity index (χ1) is 16.0. The number of carbonyl (C=O) groups is 1. The van der Waals surface area contributed by atoms with E-state index in [1.165, 1.54) is 10.7 Å². The Labute approximate surface area is 190 Å². The lowest BCUT2D eigenvalue weighted by Crippen LogP contribution is -2.45. The Bertz CT molecular complexity index is 1220. The molecule has 0 aromatic carbocycles. The molecule has 174 valence electrons. The molecule has 0 bridgehead atoms. The Balaban J connectivity index is 1.35. The minimum absolute atomic E-state index is 0.115. The summed E-state index contributed by atoms with van der Waals surface area (Å²) in [6, 6.07) is 5.86. The molecule has 3 aromatic rings. The fourth-order valence-corrected chi connectivity index (χ4v) is 4.90. The first kappa shape index (κ1) is 21.4. The second-order valence-electron chi connectivity index (χ2n) is 8.59. The zero-order valence-electron chi connectivity index (χ0n) is 18.3. The minimum atomic E-state index is -0.649. The van der Waals surface area contributed by atoms with Crippen LogP contribution in [0.2, 0.25) is 0 Å². The number of nitrogens with zero attached hydrogens (tertiary/aromatic N) is 5. The molecule has 1 aliphatic heterocycles. The molecule has 0 radical (unpaired) electrons. The second-order valence-corrected chi connectivity index (χ2v) is 8.59. The van der Waals surface area contributed by atoms with E-state index in [1.807, 2.05) is 16.8 Å². The number of carbonyl (C=O) groups excluding carboxylic acids is 1. The Hall–Kier alpha value is -3.44. The molecular weight excluding hydrogens is 424 g/mol. The number of nitrogens with one attached hydrogen (secondary N) is 1. The van der Waals surface area contributed by atoms with Crippen LogP contribution in [-0.2, 0) is 4.74 Å². The van der Waals surface area contributed by atoms with E-state index in [9.17, 15) is 9.59 Å². The zero-order valence-corrected chi connectivity index (χ0v) is 18.3. The highest BCUT2D eigenvalue weighted by Gasteiger charge is 2.28. The summed E-state index contributed by atoms with van der Waals surface area (Å²) in [4.78, 5) is 31.8. The van der Waals surface area contributed by atoms with E-state index < -0.39 is 5.91 Å². The van der Waals surface area contributed by atoms with E-state index in [0.717, 1.165) is 52.0 Å². The maximum Gasteiger partial charge on any atom is 0.274 e. The van der Waals surface area contributed by atoms with E-state index in [1.54, 1.807) is 12.1 Å². The monoisotopic (exact) mass is 452 g/mol. The van der Waals surface area contributed by atoms with Crippen molar-refractivity contribution in [1.29, 1.82) is 0 Å². The number of amides is 1. The third-order valence-electron chi connectivity index (χ3n) is 6.62. The lowest BCUT2D eigenvalue weighted by Gasteiger charge is -2.39. The Morgan fingerprint density at radius 3 is 2.61 bits per heavy atom. The van der Waals surface area contributed by atoms with Gasteiger partial charge in [-0.05, 0) is 37.8 Å². The van der Waals surface area contributed by atoms with Crippen molar-refractivity contribution in [3.8, 4) is 0 Å². The molecule has 5 N–H and O–H groups in total. The van der Waals surface area contributed by atoms with Crippen molar-refractivity contribution in [3.63, 3.8) is 0 Å². The fraction of sp³-hybridized carbons (Fsp3) is 0.455. The van der Waals surface area contributed by atoms with Gasteiger partial charge in [-0.25, -0.2) is 4.98 Å². The molecule has 0 atom stereocenters. The fourth-order valence-electron chi connectivity index (χ4n) is 4.90. The number of morpholine rings is 1. The standard InChI is InChI=1S/C22H28N8O3/c23-18-12-19(27-21-16(20(24)31)13-25-30(18)21)26-17-2-1-7-29(22(17)32)15-5-3-14(4-6-15)28-8-10-33-11-9-28/h1-2,7,12-15H,3-6,8-11,23H2,(H2,24,31)(H,26,27). The number of nitrogens with two attached hydrogens (primary N) is 2. The largest absolute Gasteiger partial charge is 0.383 e. The van der Waals surface area contributed by atoms with E-state index >= 15 is 0 Å². The summed E-state index contributed by atoms with van der Waals surface area (Å²) in [5, 5.41) is 7.11. The van der Waals surface area contributed by atoms with Gasteiger partial charge in [0.05, 0.1) is 19.4 Å². The average molecular weight is 453 g/mol. The molecule has 0 unspecified atom stereocenters.